The summed E-state index contributed by atoms with van der Waals surface area (Å²) in [5.41, 5.74) is -0.567. The van der Waals surface area contributed by atoms with Gasteiger partial charge < -0.3 is 15.4 Å². The first-order valence-corrected chi connectivity index (χ1v) is 9.25. The molecular weight excluding hydrogens is 346 g/mol. The van der Waals surface area contributed by atoms with Crippen molar-refractivity contribution < 1.29 is 19.1 Å². The summed E-state index contributed by atoms with van der Waals surface area (Å²) >= 11 is 0. The lowest BCUT2D eigenvalue weighted by Crippen LogP contribution is -2.45. The molecule has 2 atom stereocenters. The Labute approximate surface area is 160 Å². The van der Waals surface area contributed by atoms with E-state index in [2.05, 4.69) is 24.5 Å². The van der Waals surface area contributed by atoms with Crippen LogP contribution in [0.5, 0.6) is 5.75 Å². The van der Waals surface area contributed by atoms with Gasteiger partial charge in [0.25, 0.3) is 5.91 Å². The second-order valence-electron chi connectivity index (χ2n) is 7.61. The number of carbonyl (C=O) groups excluding carboxylic acids is 3. The smallest absolute Gasteiger partial charge is 0.325 e. The van der Waals surface area contributed by atoms with Gasteiger partial charge in [0, 0.05) is 6.04 Å². The maximum Gasteiger partial charge on any atom is 0.325 e. The zero-order valence-corrected chi connectivity index (χ0v) is 16.7. The van der Waals surface area contributed by atoms with Gasteiger partial charge in [0.1, 0.15) is 17.8 Å². The van der Waals surface area contributed by atoms with E-state index >= 15 is 0 Å². The molecule has 1 saturated heterocycles. The van der Waals surface area contributed by atoms with E-state index in [1.165, 1.54) is 0 Å². The lowest BCUT2D eigenvalue weighted by molar-refractivity contribution is -0.135. The highest BCUT2D eigenvalue weighted by molar-refractivity contribution is 6.09. The van der Waals surface area contributed by atoms with Crippen molar-refractivity contribution in [3.63, 3.8) is 0 Å². The van der Waals surface area contributed by atoms with E-state index in [1.54, 1.807) is 38.3 Å². The Bertz CT molecular complexity index is 702. The number of hydrogen-bond donors (Lipinski definition) is 2. The summed E-state index contributed by atoms with van der Waals surface area (Å²) in [4.78, 5) is 38.4. The van der Waals surface area contributed by atoms with Crippen molar-refractivity contribution in [2.24, 2.45) is 5.92 Å². The van der Waals surface area contributed by atoms with Crippen LogP contribution in [0.1, 0.15) is 46.1 Å². The maximum absolute atomic E-state index is 12.9. The highest BCUT2D eigenvalue weighted by atomic mass is 16.5. The van der Waals surface area contributed by atoms with Gasteiger partial charge in [-0.25, -0.2) is 4.79 Å². The summed E-state index contributed by atoms with van der Waals surface area (Å²) in [6.07, 6.45) is 1.85. The summed E-state index contributed by atoms with van der Waals surface area (Å²) in [6, 6.07) is 6.35. The van der Waals surface area contributed by atoms with E-state index in [-0.39, 0.29) is 18.5 Å². The Morgan fingerprint density at radius 3 is 2.37 bits per heavy atom. The van der Waals surface area contributed by atoms with Gasteiger partial charge in [-0.05, 0) is 50.3 Å². The van der Waals surface area contributed by atoms with Crippen LogP contribution in [0.2, 0.25) is 0 Å². The molecule has 0 aliphatic carbocycles. The van der Waals surface area contributed by atoms with E-state index in [0.717, 1.165) is 17.7 Å². The minimum absolute atomic E-state index is 0.00589. The van der Waals surface area contributed by atoms with E-state index < -0.39 is 17.5 Å². The van der Waals surface area contributed by atoms with Crippen molar-refractivity contribution in [3.8, 4) is 5.75 Å². The summed E-state index contributed by atoms with van der Waals surface area (Å²) in [5, 5.41) is 5.56. The van der Waals surface area contributed by atoms with Crippen LogP contribution in [0.3, 0.4) is 0 Å². The number of benzene rings is 1. The van der Waals surface area contributed by atoms with Gasteiger partial charge in [-0.1, -0.05) is 26.0 Å². The normalized spacial score (nSPS) is 20.6. The molecular formula is C20H29N3O4. The molecule has 1 aliphatic heterocycles. The Kier molecular flexibility index (Phi) is 6.46. The third-order valence-corrected chi connectivity index (χ3v) is 4.83. The van der Waals surface area contributed by atoms with Crippen molar-refractivity contribution in [1.29, 1.82) is 0 Å². The van der Waals surface area contributed by atoms with Gasteiger partial charge in [0.05, 0.1) is 7.11 Å². The number of methoxy groups -OCH3 is 1. The molecule has 1 aliphatic rings. The summed E-state index contributed by atoms with van der Waals surface area (Å²) < 4.78 is 5.12. The molecule has 1 fully saturated rings. The van der Waals surface area contributed by atoms with Gasteiger partial charge in [0.15, 0.2) is 0 Å². The highest BCUT2D eigenvalue weighted by Gasteiger charge is 2.49. The van der Waals surface area contributed by atoms with Gasteiger partial charge >= 0.3 is 6.03 Å². The predicted molar refractivity (Wildman–Crippen MR) is 102 cm³/mol. The molecule has 0 aromatic heterocycles. The average molecular weight is 375 g/mol. The monoisotopic (exact) mass is 375 g/mol. The molecule has 148 valence electrons. The van der Waals surface area contributed by atoms with Crippen LogP contribution in [0.4, 0.5) is 4.79 Å². The minimum atomic E-state index is -1.20. The van der Waals surface area contributed by atoms with Gasteiger partial charge in [-0.3, -0.25) is 14.5 Å². The lowest BCUT2D eigenvalue weighted by Gasteiger charge is -2.22. The Balaban J connectivity index is 2.03. The van der Waals surface area contributed by atoms with E-state index in [4.69, 9.17) is 4.74 Å². The van der Waals surface area contributed by atoms with E-state index in [9.17, 15) is 14.4 Å². The zero-order chi connectivity index (χ0) is 20.2. The highest BCUT2D eigenvalue weighted by Crippen LogP contribution is 2.29. The van der Waals surface area contributed by atoms with Crippen molar-refractivity contribution in [2.75, 3.05) is 13.7 Å². The van der Waals surface area contributed by atoms with E-state index in [1.807, 2.05) is 6.92 Å². The first-order chi connectivity index (χ1) is 12.7. The number of imide groups is 1. The number of amides is 4. The standard InChI is InChI=1S/C20H29N3O4/c1-13(2)6-7-14(3)21-17(24)12-23-18(25)20(4,22-19(23)26)15-8-10-16(27-5)11-9-15/h8-11,13-14H,6-7,12H2,1-5H3,(H,21,24)(H,22,26)/t14-,20+/m0/s1. The van der Waals surface area contributed by atoms with Crippen molar-refractivity contribution >= 4 is 17.8 Å². The average Bonchev–Trinajstić information content (AvgIpc) is 2.84. The summed E-state index contributed by atoms with van der Waals surface area (Å²) in [7, 11) is 1.56. The minimum Gasteiger partial charge on any atom is -0.497 e. The van der Waals surface area contributed by atoms with Crippen molar-refractivity contribution in [3.05, 3.63) is 29.8 Å². The molecule has 0 saturated carbocycles. The van der Waals surface area contributed by atoms with Gasteiger partial charge in [-0.2, -0.15) is 0 Å². The number of urea groups is 1. The Morgan fingerprint density at radius 1 is 1.19 bits per heavy atom. The van der Waals surface area contributed by atoms with Crippen LogP contribution in [0.25, 0.3) is 0 Å². The van der Waals surface area contributed by atoms with Gasteiger partial charge in [-0.15, -0.1) is 0 Å². The van der Waals surface area contributed by atoms with Crippen molar-refractivity contribution in [2.45, 2.75) is 52.1 Å². The van der Waals surface area contributed by atoms with Crippen LogP contribution in [0.15, 0.2) is 24.3 Å². The molecule has 0 radical (unpaired) electrons. The molecule has 7 heteroatoms. The molecule has 0 bridgehead atoms. The second kappa shape index (κ2) is 8.41. The Hall–Kier alpha value is -2.57. The number of hydrogen-bond acceptors (Lipinski definition) is 4. The maximum atomic E-state index is 12.9. The first-order valence-electron chi connectivity index (χ1n) is 9.25. The number of nitrogens with one attached hydrogen (secondary N) is 2. The van der Waals surface area contributed by atoms with Gasteiger partial charge in [0.2, 0.25) is 5.91 Å². The molecule has 4 amide bonds. The predicted octanol–water partition coefficient (Wildman–Crippen LogP) is 2.40. The Morgan fingerprint density at radius 2 is 1.81 bits per heavy atom. The zero-order valence-electron chi connectivity index (χ0n) is 16.7. The number of ether oxygens (including phenoxy) is 1. The summed E-state index contributed by atoms with van der Waals surface area (Å²) in [5.74, 6) is 0.433. The number of rotatable bonds is 8. The lowest BCUT2D eigenvalue weighted by atomic mass is 9.92. The molecule has 0 spiro atoms. The summed E-state index contributed by atoms with van der Waals surface area (Å²) in [6.45, 7) is 7.53. The van der Waals surface area contributed by atoms with Crippen LogP contribution < -0.4 is 15.4 Å². The topological polar surface area (TPSA) is 87.7 Å². The fourth-order valence-corrected chi connectivity index (χ4v) is 3.08. The van der Waals surface area contributed by atoms with E-state index in [0.29, 0.717) is 17.2 Å². The molecule has 1 aromatic rings. The fourth-order valence-electron chi connectivity index (χ4n) is 3.08. The van der Waals surface area contributed by atoms with Crippen LogP contribution >= 0.6 is 0 Å². The first kappa shape index (κ1) is 20.7. The largest absolute Gasteiger partial charge is 0.497 e. The number of nitrogens with zero attached hydrogens (tertiary/aromatic N) is 1. The quantitative estimate of drug-likeness (QED) is 0.683. The molecule has 1 aromatic carbocycles. The third-order valence-electron chi connectivity index (χ3n) is 4.83. The SMILES string of the molecule is COc1ccc([C@@]2(C)NC(=O)N(CC(=O)N[C@@H](C)CCC(C)C)C2=O)cc1. The molecule has 7 nitrogen and oxygen atoms in total. The molecule has 1 heterocycles. The number of carbonyl (C=O) groups is 3. The van der Waals surface area contributed by atoms with Crippen LogP contribution in [-0.2, 0) is 15.1 Å². The molecule has 27 heavy (non-hydrogen) atoms. The van der Waals surface area contributed by atoms with Crippen LogP contribution in [-0.4, -0.2) is 42.4 Å². The van der Waals surface area contributed by atoms with Crippen LogP contribution in [0, 0.1) is 5.92 Å². The molecule has 2 rings (SSSR count). The third kappa shape index (κ3) is 4.78. The fraction of sp³-hybridized carbons (Fsp3) is 0.550. The second-order valence-corrected chi connectivity index (χ2v) is 7.61. The van der Waals surface area contributed by atoms with Crippen molar-refractivity contribution in [1.82, 2.24) is 15.5 Å². The molecule has 2 N–H and O–H groups in total. The molecule has 0 unspecified atom stereocenters.